The first-order chi connectivity index (χ1) is 56.7. The third-order valence-corrected chi connectivity index (χ3v) is 21.9. The number of carbonyl (C=O) groups is 2. The van der Waals surface area contributed by atoms with Gasteiger partial charge in [-0.15, -0.1) is 0 Å². The molecule has 4 aliphatic heterocycles. The molecule has 15 aromatic rings. The molecule has 0 aliphatic carbocycles. The molecule has 18 nitrogen and oxygen atoms in total. The van der Waals surface area contributed by atoms with Gasteiger partial charge in [-0.3, -0.25) is 9.59 Å². The SMILES string of the molecule is C[n+]1ccc(-c2c3nc(c(-c4cc[n+](C)cc4)c4ccc([nH]4)c(-c4cc[n+](C)cc4)c4nc(c(-c5ccc(C(=O)NCc6ccc(CNC(=O)c7ccc(-c8c9nc(c(-c%10cc[n+](C)cc%10)c%10ccc([nH]%10)c(-c%10cc[n+](C)cc%10)c%10nc(c(-c%11cc[n+](C)cc%11)c%11ccc8[nH]%11)C=C%10)C=C9)cc7)cc6)cc5)c5ccc2[nH]5)C=C4)C=C3)cc1.[I-].[I-].[I-].[I-].[I-].[I-]. The topological polar surface area (TPSA) is 196 Å². The summed E-state index contributed by atoms with van der Waals surface area (Å²) >= 11 is 0. The maximum absolute atomic E-state index is 14.1. The van der Waals surface area contributed by atoms with Crippen molar-refractivity contribution in [2.45, 2.75) is 13.1 Å². The van der Waals surface area contributed by atoms with Crippen molar-refractivity contribution in [2.24, 2.45) is 42.3 Å². The van der Waals surface area contributed by atoms with Crippen LogP contribution in [0, 0.1) is 0 Å². The number of amides is 2. The lowest BCUT2D eigenvalue weighted by atomic mass is 10.0. The van der Waals surface area contributed by atoms with Gasteiger partial charge in [-0.05, 0) is 177 Å². The Bertz CT molecular complexity index is 6500. The van der Waals surface area contributed by atoms with Gasteiger partial charge in [0.25, 0.3) is 11.8 Å². The smallest absolute Gasteiger partial charge is 0.251 e. The third-order valence-electron chi connectivity index (χ3n) is 21.9. The van der Waals surface area contributed by atoms with Crippen molar-refractivity contribution in [1.29, 1.82) is 0 Å². The molecular weight excluding hydrogens is 2190 g/mol. The lowest BCUT2D eigenvalue weighted by Gasteiger charge is -2.10. The summed E-state index contributed by atoms with van der Waals surface area (Å²) in [5.74, 6) is -0.430. The molecule has 0 radical (unpaired) electrons. The van der Waals surface area contributed by atoms with Crippen LogP contribution in [0.5, 0.6) is 0 Å². The van der Waals surface area contributed by atoms with Gasteiger partial charge >= 0.3 is 0 Å². The Morgan fingerprint density at radius 3 is 0.549 bits per heavy atom. The minimum absolute atomic E-state index is 0. The standard InChI is InChI=1S/C98H76N16O2.6HI/c1-109-47-35-65(36-48-109)91-77-23-19-73(101-77)89(74-20-24-78(102-74)92(66-37-49-110(2)50-38-66)82-28-32-86(106-82)95(85-31-27-81(91)105-85)69-43-55-113(5)56-44-69)63-11-15-71(16-12-63)97(115)99-59-61-7-9-62(10-8-61)60-100-98(116)72-17-13-64(14-18-72)90-75-21-25-79(103-75)93(67-39-51-111(3)52-40-67)83-29-33-87(107-83)96(70-45-57-114(6)58-46-70)88-34-30-84(108-88)94(80-26-22-76(90)104-80)68-41-53-112(4)54-42-68;;;;;;/h7-58H,59-60H2,1-6H3,(H2-2,99,100,101,102,103,104,105,106,107,108,115,116);6*1H/q+2;;;;;;/p-2. The Kier molecular flexibility index (Phi) is 27.8. The predicted molar refractivity (Wildman–Crippen MR) is 457 cm³/mol. The first-order valence-electron chi connectivity index (χ1n) is 38.6. The number of rotatable bonds is 14. The van der Waals surface area contributed by atoms with E-state index in [0.717, 1.165) is 190 Å². The van der Waals surface area contributed by atoms with Crippen LogP contribution in [0.25, 0.3) is 182 Å². The molecule has 16 bridgehead atoms. The first kappa shape index (κ1) is 88.9. The van der Waals surface area contributed by atoms with E-state index in [4.69, 9.17) is 19.9 Å². The summed E-state index contributed by atoms with van der Waals surface area (Å²) < 4.78 is 12.2. The summed E-state index contributed by atoms with van der Waals surface area (Å²) in [6.45, 7) is 0.585. The molecule has 2 amide bonds. The van der Waals surface area contributed by atoms with E-state index in [1.807, 2.05) is 142 Å². The highest BCUT2D eigenvalue weighted by Gasteiger charge is 2.25. The fourth-order valence-electron chi connectivity index (χ4n) is 15.8. The van der Waals surface area contributed by atoms with Crippen LogP contribution in [0.1, 0.15) is 77.4 Å². The van der Waals surface area contributed by atoms with Gasteiger partial charge in [0.2, 0.25) is 0 Å². The normalized spacial score (nSPS) is 11.5. The van der Waals surface area contributed by atoms with E-state index < -0.39 is 0 Å². The zero-order valence-electron chi connectivity index (χ0n) is 67.0. The van der Waals surface area contributed by atoms with Gasteiger partial charge in [0.05, 0.1) is 45.6 Å². The number of halogens is 6. The van der Waals surface area contributed by atoms with Crippen LogP contribution < -0.4 is 182 Å². The van der Waals surface area contributed by atoms with E-state index in [2.05, 4.69) is 275 Å². The minimum Gasteiger partial charge on any atom is -1.00 e. The molecule has 12 aromatic heterocycles. The van der Waals surface area contributed by atoms with Crippen LogP contribution in [0.2, 0.25) is 0 Å². The van der Waals surface area contributed by atoms with Crippen molar-refractivity contribution < 1.29 is 181 Å². The lowest BCUT2D eigenvalue weighted by molar-refractivity contribution is -0.671. The van der Waals surface area contributed by atoms with Crippen molar-refractivity contribution in [3.8, 4) is 89.0 Å². The van der Waals surface area contributed by atoms with Crippen molar-refractivity contribution in [3.05, 3.63) is 336 Å². The number of aromatic amines is 4. The molecule has 0 spiro atoms. The second-order valence-corrected chi connectivity index (χ2v) is 29.9. The Balaban J connectivity index is 0.00000214. The molecular formula is C98H80I6N16O2. The molecule has 606 valence electrons. The van der Waals surface area contributed by atoms with Gasteiger partial charge < -0.3 is 174 Å². The lowest BCUT2D eigenvalue weighted by Crippen LogP contribution is -3.00. The summed E-state index contributed by atoms with van der Waals surface area (Å²) in [6, 6.07) is 65.9. The fraction of sp³-hybridized carbons (Fsp3) is 0.0816. The molecule has 4 aliphatic rings. The van der Waals surface area contributed by atoms with E-state index in [9.17, 15) is 9.59 Å². The molecule has 0 fully saturated rings. The van der Waals surface area contributed by atoms with Crippen LogP contribution in [-0.2, 0) is 55.4 Å². The van der Waals surface area contributed by atoms with E-state index in [1.54, 1.807) is 0 Å². The number of H-pyrrole nitrogens is 4. The van der Waals surface area contributed by atoms with Crippen molar-refractivity contribution in [3.63, 3.8) is 0 Å². The second kappa shape index (κ2) is 38.2. The fourth-order valence-corrected chi connectivity index (χ4v) is 15.8. The Hall–Kier alpha value is -10.9. The van der Waals surface area contributed by atoms with Gasteiger partial charge in [0.15, 0.2) is 74.4 Å². The number of nitrogens with zero attached hydrogens (tertiary/aromatic N) is 10. The van der Waals surface area contributed by atoms with E-state index in [1.165, 1.54) is 0 Å². The monoisotopic (exact) mass is 2270 g/mol. The highest BCUT2D eigenvalue weighted by Crippen LogP contribution is 2.42. The maximum Gasteiger partial charge on any atom is 0.251 e. The van der Waals surface area contributed by atoms with E-state index >= 15 is 0 Å². The van der Waals surface area contributed by atoms with Gasteiger partial charge in [-0.25, -0.2) is 47.3 Å². The number of hydrogen-bond acceptors (Lipinski definition) is 6. The summed E-state index contributed by atoms with van der Waals surface area (Å²) in [4.78, 5) is 65.6. The molecule has 6 N–H and O–H groups in total. The number of fused-ring (bicyclic) bond motifs is 16. The van der Waals surface area contributed by atoms with Crippen LogP contribution in [-0.4, -0.2) is 51.7 Å². The number of aromatic nitrogens is 14. The number of aryl methyl sites for hydroxylation is 6. The van der Waals surface area contributed by atoms with Crippen LogP contribution in [0.15, 0.2) is 268 Å². The summed E-state index contributed by atoms with van der Waals surface area (Å²) in [6.07, 6.45) is 41.5. The molecule has 0 saturated heterocycles. The Morgan fingerprint density at radius 2 is 0.385 bits per heavy atom. The maximum atomic E-state index is 14.1. The number of nitrogens with one attached hydrogen (secondary N) is 6. The van der Waals surface area contributed by atoms with E-state index in [-0.39, 0.29) is 156 Å². The van der Waals surface area contributed by atoms with Crippen LogP contribution in [0.3, 0.4) is 0 Å². The summed E-state index contributed by atoms with van der Waals surface area (Å²) in [5.41, 5.74) is 31.6. The molecule has 24 heteroatoms. The average molecular weight is 2280 g/mol. The number of benzene rings is 3. The van der Waals surface area contributed by atoms with Crippen molar-refractivity contribution in [2.75, 3.05) is 0 Å². The molecule has 19 rings (SSSR count). The second-order valence-electron chi connectivity index (χ2n) is 29.9. The molecule has 16 heterocycles. The first-order valence-corrected chi connectivity index (χ1v) is 38.6. The van der Waals surface area contributed by atoms with Gasteiger partial charge in [0.1, 0.15) is 42.3 Å². The molecule has 0 unspecified atom stereocenters. The van der Waals surface area contributed by atoms with Gasteiger partial charge in [0, 0.05) is 186 Å². The zero-order chi connectivity index (χ0) is 78.7. The predicted octanol–water partition coefficient (Wildman–Crippen LogP) is -2.21. The summed E-state index contributed by atoms with van der Waals surface area (Å²) in [5, 5.41) is 6.30. The Labute approximate surface area is 807 Å². The molecule has 0 atom stereocenters. The van der Waals surface area contributed by atoms with Crippen LogP contribution in [0.4, 0.5) is 0 Å². The molecule has 0 saturated carbocycles. The third kappa shape index (κ3) is 18.1. The zero-order valence-corrected chi connectivity index (χ0v) is 79.9. The molecule has 3 aromatic carbocycles. The van der Waals surface area contributed by atoms with Crippen molar-refractivity contribution in [1.82, 2.24) is 50.5 Å². The van der Waals surface area contributed by atoms with Crippen LogP contribution >= 0.6 is 0 Å². The highest BCUT2D eigenvalue weighted by molar-refractivity contribution is 6.04. The largest absolute Gasteiger partial charge is 1.00 e. The van der Waals surface area contributed by atoms with Crippen molar-refractivity contribution >= 4 is 105 Å². The van der Waals surface area contributed by atoms with Gasteiger partial charge in [-0.1, -0.05) is 48.5 Å². The quantitative estimate of drug-likeness (QED) is 0.0528. The average Bonchev–Trinajstić information content (AvgIpc) is 0.902. The summed E-state index contributed by atoms with van der Waals surface area (Å²) in [7, 11) is 12.1. The Morgan fingerprint density at radius 1 is 0.230 bits per heavy atom. The number of pyridine rings is 6. The minimum atomic E-state index is -0.215. The highest BCUT2D eigenvalue weighted by atomic mass is 127. The number of carbonyl (C=O) groups excluding carboxylic acids is 2. The van der Waals surface area contributed by atoms with E-state index in [0.29, 0.717) is 24.2 Å². The number of hydrogen-bond donors (Lipinski definition) is 6. The van der Waals surface area contributed by atoms with Gasteiger partial charge in [-0.2, -0.15) is 0 Å². The molecule has 122 heavy (non-hydrogen) atoms.